The molecule has 0 aliphatic carbocycles. The molecule has 0 unspecified atom stereocenters. The Morgan fingerprint density at radius 1 is 1.24 bits per heavy atom. The van der Waals surface area contributed by atoms with Gasteiger partial charge in [0.05, 0.1) is 15.5 Å². The normalized spacial score (nSPS) is 13.2. The van der Waals surface area contributed by atoms with Crippen molar-refractivity contribution in [2.24, 2.45) is 17.3 Å². The summed E-state index contributed by atoms with van der Waals surface area (Å²) in [5.41, 5.74) is -1.13. The van der Waals surface area contributed by atoms with E-state index < -0.39 is 34.4 Å². The molecule has 0 spiro atoms. The van der Waals surface area contributed by atoms with Crippen molar-refractivity contribution in [3.8, 4) is 15.7 Å². The molecular formula is C18H16F6N6O2S2. The lowest BCUT2D eigenvalue weighted by Crippen LogP contribution is -2.11. The molecule has 0 atom stereocenters. The second kappa shape index (κ2) is 8.98. The average Bonchev–Trinajstić information content (AvgIpc) is 3.44. The van der Waals surface area contributed by atoms with Gasteiger partial charge in [0.25, 0.3) is 0 Å². The molecule has 16 heteroatoms. The van der Waals surface area contributed by atoms with Crippen molar-refractivity contribution >= 4 is 33.1 Å². The van der Waals surface area contributed by atoms with E-state index >= 15 is 0 Å². The topological polar surface area (TPSA) is 94.5 Å². The van der Waals surface area contributed by atoms with E-state index in [1.165, 1.54) is 30.7 Å². The highest BCUT2D eigenvalue weighted by molar-refractivity contribution is 7.91. The summed E-state index contributed by atoms with van der Waals surface area (Å²) in [7, 11) is -2.50. The maximum Gasteiger partial charge on any atom is 0.435 e. The van der Waals surface area contributed by atoms with Gasteiger partial charge in [-0.25, -0.2) is 18.1 Å². The van der Waals surface area contributed by atoms with Crippen LogP contribution in [0.2, 0.25) is 0 Å². The summed E-state index contributed by atoms with van der Waals surface area (Å²) in [5, 5.41) is 10.2. The van der Waals surface area contributed by atoms with Crippen LogP contribution < -0.4 is 0 Å². The van der Waals surface area contributed by atoms with E-state index in [0.717, 1.165) is 28.3 Å². The number of alkyl halides is 6. The van der Waals surface area contributed by atoms with E-state index in [2.05, 4.69) is 26.9 Å². The summed E-state index contributed by atoms with van der Waals surface area (Å²) in [4.78, 5) is 4.04. The standard InChI is InChI=1S/C18H16F6N6O2S2/c1-4-10-15(27-25-9-17(19,20)21)29(3)16(26-10)14-11(34(31,32)5-2)8-13(33-14)30-7-6-12(28-30)18(22,23)24/h4,6-8H,1,5,9H2,2-3H3. The van der Waals surface area contributed by atoms with Crippen LogP contribution in [0.1, 0.15) is 18.3 Å². The molecule has 184 valence electrons. The quantitative estimate of drug-likeness (QED) is 0.303. The second-order valence-electron chi connectivity index (χ2n) is 6.75. The highest BCUT2D eigenvalue weighted by atomic mass is 32.2. The molecule has 0 saturated carbocycles. The van der Waals surface area contributed by atoms with Crippen molar-refractivity contribution in [2.75, 3.05) is 12.3 Å². The largest absolute Gasteiger partial charge is 0.435 e. The zero-order chi connectivity index (χ0) is 25.5. The van der Waals surface area contributed by atoms with Gasteiger partial charge in [0.2, 0.25) is 0 Å². The lowest BCUT2D eigenvalue weighted by Gasteiger charge is -2.04. The molecule has 0 aromatic carbocycles. The van der Waals surface area contributed by atoms with Crippen LogP contribution >= 0.6 is 11.3 Å². The summed E-state index contributed by atoms with van der Waals surface area (Å²) in [6.45, 7) is 3.37. The molecule has 0 aliphatic heterocycles. The number of aromatic nitrogens is 4. The fourth-order valence-electron chi connectivity index (χ4n) is 2.77. The number of azo groups is 1. The molecular weight excluding hydrogens is 510 g/mol. The number of imidazole rings is 1. The molecule has 34 heavy (non-hydrogen) atoms. The van der Waals surface area contributed by atoms with Gasteiger partial charge in [0.15, 0.2) is 33.7 Å². The number of thiophene rings is 1. The Morgan fingerprint density at radius 3 is 2.44 bits per heavy atom. The highest BCUT2D eigenvalue weighted by Gasteiger charge is 2.34. The molecule has 0 saturated heterocycles. The fraction of sp³-hybridized carbons (Fsp3) is 0.333. The zero-order valence-corrected chi connectivity index (χ0v) is 19.1. The van der Waals surface area contributed by atoms with Crippen LogP contribution in [0.25, 0.3) is 21.8 Å². The molecule has 0 aliphatic rings. The first kappa shape index (κ1) is 25.6. The van der Waals surface area contributed by atoms with Crippen LogP contribution in [-0.4, -0.2) is 46.2 Å². The van der Waals surface area contributed by atoms with Crippen LogP contribution in [0.3, 0.4) is 0 Å². The van der Waals surface area contributed by atoms with Crippen molar-refractivity contribution in [2.45, 2.75) is 24.2 Å². The lowest BCUT2D eigenvalue weighted by molar-refractivity contribution is -0.141. The van der Waals surface area contributed by atoms with Gasteiger partial charge < -0.3 is 4.57 Å². The van der Waals surface area contributed by atoms with Crippen molar-refractivity contribution in [3.05, 3.63) is 36.3 Å². The molecule has 0 fully saturated rings. The highest BCUT2D eigenvalue weighted by Crippen LogP contribution is 2.40. The molecule has 3 aromatic heterocycles. The monoisotopic (exact) mass is 526 g/mol. The van der Waals surface area contributed by atoms with E-state index in [0.29, 0.717) is 0 Å². The smallest absolute Gasteiger partial charge is 0.310 e. The van der Waals surface area contributed by atoms with Crippen molar-refractivity contribution in [1.82, 2.24) is 19.3 Å². The van der Waals surface area contributed by atoms with Crippen molar-refractivity contribution in [3.63, 3.8) is 0 Å². The van der Waals surface area contributed by atoms with Gasteiger partial charge in [-0.2, -0.15) is 36.6 Å². The summed E-state index contributed by atoms with van der Waals surface area (Å²) < 4.78 is 104. The summed E-state index contributed by atoms with van der Waals surface area (Å²) in [6.07, 6.45) is -7.04. The van der Waals surface area contributed by atoms with Crippen LogP contribution in [-0.2, 0) is 23.1 Å². The molecule has 0 N–H and O–H groups in total. The number of hydrogen-bond acceptors (Lipinski definition) is 7. The van der Waals surface area contributed by atoms with E-state index in [1.807, 2.05) is 0 Å². The van der Waals surface area contributed by atoms with Crippen LogP contribution in [0, 0.1) is 0 Å². The molecule has 3 aromatic rings. The van der Waals surface area contributed by atoms with E-state index in [9.17, 15) is 34.8 Å². The molecule has 0 amide bonds. The molecule has 0 bridgehead atoms. The Morgan fingerprint density at radius 2 is 1.91 bits per heavy atom. The Balaban J connectivity index is 2.17. The first-order valence-corrected chi connectivity index (χ1v) is 11.8. The second-order valence-corrected chi connectivity index (χ2v) is 10.0. The number of nitrogens with zero attached hydrogens (tertiary/aromatic N) is 6. The maximum atomic E-state index is 12.9. The number of sulfone groups is 1. The third-order valence-electron chi connectivity index (χ3n) is 4.41. The van der Waals surface area contributed by atoms with Crippen LogP contribution in [0.15, 0.2) is 40.0 Å². The Kier molecular flexibility index (Phi) is 6.76. The zero-order valence-electron chi connectivity index (χ0n) is 17.5. The van der Waals surface area contributed by atoms with E-state index in [1.54, 1.807) is 0 Å². The fourth-order valence-corrected chi connectivity index (χ4v) is 5.34. The summed E-state index contributed by atoms with van der Waals surface area (Å²) >= 11 is 0.791. The van der Waals surface area contributed by atoms with Crippen LogP contribution in [0.4, 0.5) is 32.2 Å². The average molecular weight is 526 g/mol. The molecule has 0 radical (unpaired) electrons. The first-order valence-electron chi connectivity index (χ1n) is 9.31. The van der Waals surface area contributed by atoms with Crippen molar-refractivity contribution in [1.29, 1.82) is 0 Å². The predicted molar refractivity (Wildman–Crippen MR) is 112 cm³/mol. The Bertz CT molecular complexity index is 1350. The Hall–Kier alpha value is -3.01. The van der Waals surface area contributed by atoms with Gasteiger partial charge in [0, 0.05) is 13.2 Å². The van der Waals surface area contributed by atoms with Gasteiger partial charge in [-0.1, -0.05) is 13.5 Å². The first-order chi connectivity index (χ1) is 15.7. The molecule has 3 rings (SSSR count). The maximum absolute atomic E-state index is 12.9. The van der Waals surface area contributed by atoms with Gasteiger partial charge >= 0.3 is 12.4 Å². The minimum Gasteiger partial charge on any atom is -0.310 e. The number of rotatable bonds is 7. The minimum absolute atomic E-state index is 0.00216. The van der Waals surface area contributed by atoms with Gasteiger partial charge in [0.1, 0.15) is 10.7 Å². The van der Waals surface area contributed by atoms with Crippen molar-refractivity contribution < 1.29 is 34.8 Å². The molecule has 3 heterocycles. The molecule has 8 nitrogen and oxygen atoms in total. The van der Waals surface area contributed by atoms with E-state index in [-0.39, 0.29) is 37.9 Å². The van der Waals surface area contributed by atoms with Gasteiger partial charge in [-0.05, 0) is 18.2 Å². The number of halogens is 6. The predicted octanol–water partition coefficient (Wildman–Crippen LogP) is 5.44. The Labute approximate surface area is 193 Å². The van der Waals surface area contributed by atoms with Gasteiger partial charge in [-0.3, -0.25) is 0 Å². The third kappa shape index (κ3) is 5.22. The number of hydrogen-bond donors (Lipinski definition) is 0. The van der Waals surface area contributed by atoms with Gasteiger partial charge in [-0.15, -0.1) is 16.5 Å². The minimum atomic E-state index is -4.70. The summed E-state index contributed by atoms with van der Waals surface area (Å²) in [6, 6.07) is 1.90. The lowest BCUT2D eigenvalue weighted by atomic mass is 10.4. The van der Waals surface area contributed by atoms with E-state index in [4.69, 9.17) is 0 Å². The summed E-state index contributed by atoms with van der Waals surface area (Å²) in [5.74, 6) is -0.426. The SMILES string of the molecule is C=Cc1nc(-c2sc(-n3ccc(C(F)(F)F)n3)cc2S(=O)(=O)CC)n(C)c1N=NCC(F)(F)F. The third-order valence-corrected chi connectivity index (χ3v) is 7.41. The van der Waals surface area contributed by atoms with Crippen LogP contribution in [0.5, 0.6) is 0 Å².